The topological polar surface area (TPSA) is 61.4 Å². The van der Waals surface area contributed by atoms with Crippen molar-refractivity contribution >= 4 is 5.91 Å². The molecule has 1 aliphatic heterocycles. The van der Waals surface area contributed by atoms with Gasteiger partial charge in [-0.1, -0.05) is 12.1 Å². The first kappa shape index (κ1) is 14.0. The lowest BCUT2D eigenvalue weighted by molar-refractivity contribution is -0.123. The predicted molar refractivity (Wildman–Crippen MR) is 70.1 cm³/mol. The quantitative estimate of drug-likeness (QED) is 0.766. The van der Waals surface area contributed by atoms with E-state index < -0.39 is 6.10 Å². The number of halogens is 1. The molecule has 1 amide bonds. The largest absolute Gasteiger partial charge is 0.392 e. The molecule has 0 aliphatic carbocycles. The summed E-state index contributed by atoms with van der Waals surface area (Å²) < 4.78 is 13.5. The lowest BCUT2D eigenvalue weighted by Crippen LogP contribution is -2.41. The number of carbonyl (C=O) groups excluding carboxylic acids is 1. The molecule has 5 heteroatoms. The Kier molecular flexibility index (Phi) is 4.17. The van der Waals surface area contributed by atoms with E-state index in [2.05, 4.69) is 10.6 Å². The number of hydrogen-bond donors (Lipinski definition) is 3. The Labute approximate surface area is 112 Å². The number of β-amino-alcohol motifs (C(OH)–C–C–N with tert-alkyl or cyclic N) is 1. The molecule has 3 N–H and O–H groups in total. The zero-order valence-corrected chi connectivity index (χ0v) is 11.1. The third-order valence-corrected chi connectivity index (χ3v) is 3.48. The monoisotopic (exact) mass is 266 g/mol. The molecule has 3 atom stereocenters. The van der Waals surface area contributed by atoms with Crippen LogP contribution in [0.2, 0.25) is 0 Å². The number of aryl methyl sites for hydroxylation is 1. The van der Waals surface area contributed by atoms with E-state index in [-0.39, 0.29) is 23.8 Å². The smallest absolute Gasteiger partial charge is 0.237 e. The highest BCUT2D eigenvalue weighted by molar-refractivity contribution is 5.82. The number of nitrogens with one attached hydrogen (secondary N) is 2. The summed E-state index contributed by atoms with van der Waals surface area (Å²) in [4.78, 5) is 11.9. The van der Waals surface area contributed by atoms with E-state index in [1.54, 1.807) is 19.1 Å². The highest BCUT2D eigenvalue weighted by Gasteiger charge is 2.28. The summed E-state index contributed by atoms with van der Waals surface area (Å²) in [6.45, 7) is 3.95. The second-order valence-corrected chi connectivity index (χ2v) is 5.09. The average Bonchev–Trinajstić information content (AvgIpc) is 2.79. The molecular weight excluding hydrogens is 247 g/mol. The molecule has 0 bridgehead atoms. The van der Waals surface area contributed by atoms with Crippen LogP contribution >= 0.6 is 0 Å². The number of aliphatic hydroxyl groups is 1. The standard InChI is InChI=1S/C14H19FN2O2/c1-8-3-4-10(5-12(8)15)9(2)17-14(19)13-6-11(18)7-16-13/h3-5,9,11,13,16,18H,6-7H2,1-2H3,(H,17,19)/t9-,11-,13-/m0/s1. The van der Waals surface area contributed by atoms with Crippen molar-refractivity contribution in [3.63, 3.8) is 0 Å². The second-order valence-electron chi connectivity index (χ2n) is 5.09. The van der Waals surface area contributed by atoms with Crippen molar-refractivity contribution < 1.29 is 14.3 Å². The maximum atomic E-state index is 13.5. The Balaban J connectivity index is 1.98. The van der Waals surface area contributed by atoms with Crippen molar-refractivity contribution in [2.24, 2.45) is 0 Å². The van der Waals surface area contributed by atoms with Crippen LogP contribution < -0.4 is 10.6 Å². The van der Waals surface area contributed by atoms with Crippen LogP contribution in [0.5, 0.6) is 0 Å². The summed E-state index contributed by atoms with van der Waals surface area (Å²) in [5.41, 5.74) is 1.32. The van der Waals surface area contributed by atoms with Gasteiger partial charge in [0.25, 0.3) is 0 Å². The Morgan fingerprint density at radius 2 is 2.32 bits per heavy atom. The summed E-state index contributed by atoms with van der Waals surface area (Å²) in [6, 6.07) is 4.32. The second kappa shape index (κ2) is 5.67. The van der Waals surface area contributed by atoms with Gasteiger partial charge in [0.1, 0.15) is 5.82 Å². The molecule has 4 nitrogen and oxygen atoms in total. The van der Waals surface area contributed by atoms with Gasteiger partial charge in [-0.25, -0.2) is 4.39 Å². The molecule has 2 rings (SSSR count). The summed E-state index contributed by atoms with van der Waals surface area (Å²) in [7, 11) is 0. The van der Waals surface area contributed by atoms with E-state index >= 15 is 0 Å². The van der Waals surface area contributed by atoms with Crippen LogP contribution in [0.15, 0.2) is 18.2 Å². The van der Waals surface area contributed by atoms with E-state index in [1.165, 1.54) is 6.07 Å². The molecule has 0 radical (unpaired) electrons. The zero-order chi connectivity index (χ0) is 14.0. The van der Waals surface area contributed by atoms with Gasteiger partial charge in [-0.2, -0.15) is 0 Å². The SMILES string of the molecule is Cc1ccc([C@H](C)NC(=O)[C@@H]2C[C@H](O)CN2)cc1F. The molecule has 19 heavy (non-hydrogen) atoms. The van der Waals surface area contributed by atoms with Crippen molar-refractivity contribution in [2.45, 2.75) is 38.5 Å². The molecule has 0 saturated carbocycles. The molecular formula is C14H19FN2O2. The number of rotatable bonds is 3. The predicted octanol–water partition coefficient (Wildman–Crippen LogP) is 1.03. The van der Waals surface area contributed by atoms with Gasteiger partial charge in [0, 0.05) is 6.54 Å². The van der Waals surface area contributed by atoms with Gasteiger partial charge < -0.3 is 15.7 Å². The van der Waals surface area contributed by atoms with Crippen molar-refractivity contribution in [2.75, 3.05) is 6.54 Å². The van der Waals surface area contributed by atoms with E-state index in [1.807, 2.05) is 6.92 Å². The Hall–Kier alpha value is -1.46. The lowest BCUT2D eigenvalue weighted by Gasteiger charge is -2.18. The third kappa shape index (κ3) is 3.30. The van der Waals surface area contributed by atoms with Gasteiger partial charge in [-0.15, -0.1) is 0 Å². The fourth-order valence-electron chi connectivity index (χ4n) is 2.19. The highest BCUT2D eigenvalue weighted by atomic mass is 19.1. The molecule has 0 spiro atoms. The normalized spacial score (nSPS) is 24.2. The van der Waals surface area contributed by atoms with Gasteiger partial charge >= 0.3 is 0 Å². The molecule has 104 valence electrons. The number of benzene rings is 1. The van der Waals surface area contributed by atoms with Gasteiger partial charge in [-0.3, -0.25) is 4.79 Å². The van der Waals surface area contributed by atoms with Crippen LogP contribution in [0.25, 0.3) is 0 Å². The summed E-state index contributed by atoms with van der Waals surface area (Å²) in [5.74, 6) is -0.432. The van der Waals surface area contributed by atoms with E-state index in [0.29, 0.717) is 18.5 Å². The van der Waals surface area contributed by atoms with E-state index in [9.17, 15) is 14.3 Å². The first-order chi connectivity index (χ1) is 8.97. The molecule has 1 saturated heterocycles. The van der Waals surface area contributed by atoms with Crippen LogP contribution in [-0.2, 0) is 4.79 Å². The number of carbonyl (C=O) groups is 1. The molecule has 0 aromatic heterocycles. The lowest BCUT2D eigenvalue weighted by atomic mass is 10.1. The number of hydrogen-bond acceptors (Lipinski definition) is 3. The van der Waals surface area contributed by atoms with Crippen LogP contribution in [0.3, 0.4) is 0 Å². The van der Waals surface area contributed by atoms with Crippen molar-refractivity contribution in [1.29, 1.82) is 0 Å². The minimum absolute atomic E-state index is 0.162. The Bertz CT molecular complexity index is 479. The Morgan fingerprint density at radius 1 is 1.58 bits per heavy atom. The first-order valence-electron chi connectivity index (χ1n) is 6.45. The molecule has 0 unspecified atom stereocenters. The Morgan fingerprint density at radius 3 is 2.89 bits per heavy atom. The van der Waals surface area contributed by atoms with Crippen LogP contribution in [0.4, 0.5) is 4.39 Å². The van der Waals surface area contributed by atoms with E-state index in [0.717, 1.165) is 5.56 Å². The fourth-order valence-corrected chi connectivity index (χ4v) is 2.19. The molecule has 1 heterocycles. The number of aliphatic hydroxyl groups excluding tert-OH is 1. The molecule has 1 fully saturated rings. The maximum Gasteiger partial charge on any atom is 0.237 e. The highest BCUT2D eigenvalue weighted by Crippen LogP contribution is 2.17. The van der Waals surface area contributed by atoms with Crippen molar-refractivity contribution in [1.82, 2.24) is 10.6 Å². The molecule has 1 aromatic carbocycles. The molecule has 1 aromatic rings. The van der Waals surface area contributed by atoms with Crippen molar-refractivity contribution in [3.8, 4) is 0 Å². The zero-order valence-electron chi connectivity index (χ0n) is 11.1. The van der Waals surface area contributed by atoms with Crippen LogP contribution in [0.1, 0.15) is 30.5 Å². The van der Waals surface area contributed by atoms with Crippen LogP contribution in [0, 0.1) is 12.7 Å². The first-order valence-corrected chi connectivity index (χ1v) is 6.45. The van der Waals surface area contributed by atoms with E-state index in [4.69, 9.17) is 0 Å². The van der Waals surface area contributed by atoms with Crippen molar-refractivity contribution in [3.05, 3.63) is 35.1 Å². The van der Waals surface area contributed by atoms with Gasteiger partial charge in [0.2, 0.25) is 5.91 Å². The van der Waals surface area contributed by atoms with Gasteiger partial charge in [0.05, 0.1) is 18.2 Å². The van der Waals surface area contributed by atoms with Crippen LogP contribution in [-0.4, -0.2) is 29.7 Å². The summed E-state index contributed by atoms with van der Waals surface area (Å²) >= 11 is 0. The summed E-state index contributed by atoms with van der Waals surface area (Å²) in [6.07, 6.45) is -0.0521. The fraction of sp³-hybridized carbons (Fsp3) is 0.500. The average molecular weight is 266 g/mol. The van der Waals surface area contributed by atoms with Gasteiger partial charge in [-0.05, 0) is 37.5 Å². The maximum absolute atomic E-state index is 13.5. The van der Waals surface area contributed by atoms with Gasteiger partial charge in [0.15, 0.2) is 0 Å². The summed E-state index contributed by atoms with van der Waals surface area (Å²) in [5, 5.41) is 15.1. The minimum atomic E-state index is -0.470. The minimum Gasteiger partial charge on any atom is -0.392 e. The number of amides is 1. The third-order valence-electron chi connectivity index (χ3n) is 3.48. The molecule has 1 aliphatic rings.